The van der Waals surface area contributed by atoms with Crippen LogP contribution >= 0.6 is 0 Å². The van der Waals surface area contributed by atoms with Crippen LogP contribution in [-0.2, 0) is 4.79 Å². The Kier molecular flexibility index (Phi) is 3.69. The van der Waals surface area contributed by atoms with Gasteiger partial charge in [0.2, 0.25) is 5.91 Å². The number of nitrogens with two attached hydrogens (primary N) is 1. The van der Waals surface area contributed by atoms with Gasteiger partial charge in [0.25, 0.3) is 5.91 Å². The van der Waals surface area contributed by atoms with Crippen LogP contribution in [0.2, 0.25) is 0 Å². The second kappa shape index (κ2) is 5.43. The first-order valence-electron chi connectivity index (χ1n) is 5.97. The number of hydrogen-bond donors (Lipinski definition) is 4. The van der Waals surface area contributed by atoms with Gasteiger partial charge in [-0.3, -0.25) is 14.7 Å². The number of carbonyl (C=O) groups is 2. The number of benzene rings is 1. The molecule has 0 saturated heterocycles. The van der Waals surface area contributed by atoms with Gasteiger partial charge in [-0.2, -0.15) is 5.10 Å². The van der Waals surface area contributed by atoms with Gasteiger partial charge in [0.05, 0.1) is 11.4 Å². The van der Waals surface area contributed by atoms with Gasteiger partial charge in [-0.05, 0) is 25.1 Å². The van der Waals surface area contributed by atoms with E-state index in [-0.39, 0.29) is 11.6 Å². The lowest BCUT2D eigenvalue weighted by Gasteiger charge is -2.07. The summed E-state index contributed by atoms with van der Waals surface area (Å²) in [6.45, 7) is 3.15. The molecule has 20 heavy (non-hydrogen) atoms. The van der Waals surface area contributed by atoms with Crippen molar-refractivity contribution in [1.29, 1.82) is 0 Å². The molecule has 7 heteroatoms. The quantitative estimate of drug-likeness (QED) is 0.678. The average Bonchev–Trinajstić information content (AvgIpc) is 2.69. The molecular formula is C13H15N5O2. The topological polar surface area (TPSA) is 113 Å². The zero-order valence-electron chi connectivity index (χ0n) is 11.2. The molecule has 0 bridgehead atoms. The zero-order valence-corrected chi connectivity index (χ0v) is 11.2. The summed E-state index contributed by atoms with van der Waals surface area (Å²) < 4.78 is 0. The van der Waals surface area contributed by atoms with Crippen LogP contribution in [0.1, 0.15) is 23.1 Å². The van der Waals surface area contributed by atoms with E-state index < -0.39 is 5.91 Å². The van der Waals surface area contributed by atoms with Gasteiger partial charge < -0.3 is 16.4 Å². The van der Waals surface area contributed by atoms with Crippen molar-refractivity contribution < 1.29 is 9.59 Å². The van der Waals surface area contributed by atoms with Crippen LogP contribution in [0.4, 0.5) is 17.1 Å². The van der Waals surface area contributed by atoms with E-state index in [1.807, 2.05) is 0 Å². The number of aryl methyl sites for hydroxylation is 1. The van der Waals surface area contributed by atoms with Crippen LogP contribution in [-0.4, -0.2) is 22.0 Å². The third-order valence-corrected chi connectivity index (χ3v) is 2.65. The number of hydrogen-bond acceptors (Lipinski definition) is 4. The molecular weight excluding hydrogens is 258 g/mol. The molecule has 0 fully saturated rings. The van der Waals surface area contributed by atoms with Gasteiger partial charge in [0, 0.05) is 18.3 Å². The van der Waals surface area contributed by atoms with E-state index in [1.165, 1.54) is 6.92 Å². The van der Waals surface area contributed by atoms with Crippen LogP contribution in [0, 0.1) is 6.92 Å². The first-order chi connectivity index (χ1) is 9.47. The van der Waals surface area contributed by atoms with Gasteiger partial charge in [-0.15, -0.1) is 0 Å². The summed E-state index contributed by atoms with van der Waals surface area (Å²) in [5.41, 5.74) is 7.99. The number of carbonyl (C=O) groups excluding carboxylic acids is 2. The molecule has 0 aliphatic carbocycles. The third-order valence-electron chi connectivity index (χ3n) is 2.65. The maximum absolute atomic E-state index is 12.0. The number of aromatic amines is 1. The van der Waals surface area contributed by atoms with Crippen molar-refractivity contribution in [2.24, 2.45) is 0 Å². The van der Waals surface area contributed by atoms with E-state index >= 15 is 0 Å². The summed E-state index contributed by atoms with van der Waals surface area (Å²) in [5.74, 6) is -0.590. The third kappa shape index (κ3) is 2.94. The highest BCUT2D eigenvalue weighted by atomic mass is 16.2. The maximum Gasteiger partial charge on any atom is 0.278 e. The van der Waals surface area contributed by atoms with E-state index in [9.17, 15) is 9.59 Å². The minimum atomic E-state index is -0.410. The van der Waals surface area contributed by atoms with Crippen molar-refractivity contribution in [3.8, 4) is 0 Å². The molecule has 2 rings (SSSR count). The average molecular weight is 273 g/mol. The smallest absolute Gasteiger partial charge is 0.278 e. The largest absolute Gasteiger partial charge is 0.395 e. The zero-order chi connectivity index (χ0) is 14.7. The van der Waals surface area contributed by atoms with Gasteiger partial charge in [0.1, 0.15) is 0 Å². The highest BCUT2D eigenvalue weighted by Gasteiger charge is 2.15. The van der Waals surface area contributed by atoms with Crippen molar-refractivity contribution >= 4 is 28.9 Å². The molecule has 0 radical (unpaired) electrons. The Hall–Kier alpha value is -2.83. The lowest BCUT2D eigenvalue weighted by Crippen LogP contribution is -2.14. The Morgan fingerprint density at radius 3 is 2.45 bits per heavy atom. The van der Waals surface area contributed by atoms with Crippen LogP contribution < -0.4 is 16.4 Å². The normalized spacial score (nSPS) is 10.1. The molecule has 0 unspecified atom stereocenters. The summed E-state index contributed by atoms with van der Waals surface area (Å²) in [6.07, 6.45) is 0. The van der Waals surface area contributed by atoms with Crippen LogP contribution in [0.3, 0.4) is 0 Å². The number of amides is 2. The molecule has 7 nitrogen and oxygen atoms in total. The Morgan fingerprint density at radius 1 is 1.25 bits per heavy atom. The first kappa shape index (κ1) is 13.6. The second-order valence-electron chi connectivity index (χ2n) is 4.33. The number of H-pyrrole nitrogens is 1. The molecule has 0 saturated carbocycles. The highest BCUT2D eigenvalue weighted by molar-refractivity contribution is 6.06. The fraction of sp³-hybridized carbons (Fsp3) is 0.154. The van der Waals surface area contributed by atoms with E-state index in [0.717, 1.165) is 0 Å². The number of aromatic nitrogens is 2. The van der Waals surface area contributed by atoms with Crippen LogP contribution in [0.25, 0.3) is 0 Å². The summed E-state index contributed by atoms with van der Waals surface area (Å²) in [5, 5.41) is 11.8. The molecule has 0 atom stereocenters. The molecule has 1 aromatic heterocycles. The predicted molar refractivity (Wildman–Crippen MR) is 76.4 cm³/mol. The molecule has 0 spiro atoms. The standard InChI is InChI=1S/C13H15N5O2/c1-7-11(14)12(18-17-7)13(20)16-10-5-3-4-9(6-10)15-8(2)19/h3-6H,14H2,1-2H3,(H,15,19)(H,16,20)(H,17,18). The van der Waals surface area contributed by atoms with Gasteiger partial charge in [-0.25, -0.2) is 0 Å². The summed E-state index contributed by atoms with van der Waals surface area (Å²) in [6, 6.07) is 6.80. The minimum absolute atomic E-state index is 0.146. The van der Waals surface area contributed by atoms with E-state index in [0.29, 0.717) is 22.8 Å². The van der Waals surface area contributed by atoms with Crippen molar-refractivity contribution in [1.82, 2.24) is 10.2 Å². The molecule has 2 aromatic rings. The Balaban J connectivity index is 2.15. The molecule has 5 N–H and O–H groups in total. The fourth-order valence-electron chi connectivity index (χ4n) is 1.68. The molecule has 0 aliphatic heterocycles. The van der Waals surface area contributed by atoms with Crippen molar-refractivity contribution in [3.05, 3.63) is 35.7 Å². The van der Waals surface area contributed by atoms with Crippen LogP contribution in [0.15, 0.2) is 24.3 Å². The number of nitrogens with zero attached hydrogens (tertiary/aromatic N) is 1. The van der Waals surface area contributed by atoms with Crippen LogP contribution in [0.5, 0.6) is 0 Å². The van der Waals surface area contributed by atoms with Gasteiger partial charge in [0.15, 0.2) is 5.69 Å². The van der Waals surface area contributed by atoms with E-state index in [1.54, 1.807) is 31.2 Å². The monoisotopic (exact) mass is 273 g/mol. The number of nitrogen functional groups attached to an aromatic ring is 1. The number of anilines is 3. The van der Waals surface area contributed by atoms with E-state index in [4.69, 9.17) is 5.73 Å². The SMILES string of the molecule is CC(=O)Nc1cccc(NC(=O)c2n[nH]c(C)c2N)c1. The predicted octanol–water partition coefficient (Wildman–Crippen LogP) is 1.51. The van der Waals surface area contributed by atoms with Gasteiger partial charge >= 0.3 is 0 Å². The minimum Gasteiger partial charge on any atom is -0.395 e. The summed E-state index contributed by atoms with van der Waals surface area (Å²) >= 11 is 0. The van der Waals surface area contributed by atoms with Crippen molar-refractivity contribution in [2.45, 2.75) is 13.8 Å². The number of nitrogens with one attached hydrogen (secondary N) is 3. The lowest BCUT2D eigenvalue weighted by atomic mass is 10.2. The summed E-state index contributed by atoms with van der Waals surface area (Å²) in [7, 11) is 0. The molecule has 104 valence electrons. The Bertz CT molecular complexity index is 663. The molecule has 2 amide bonds. The molecule has 0 aliphatic rings. The molecule has 1 aromatic carbocycles. The van der Waals surface area contributed by atoms with Crippen molar-refractivity contribution in [2.75, 3.05) is 16.4 Å². The first-order valence-corrected chi connectivity index (χ1v) is 5.97. The lowest BCUT2D eigenvalue weighted by molar-refractivity contribution is -0.114. The van der Waals surface area contributed by atoms with E-state index in [2.05, 4.69) is 20.8 Å². The second-order valence-corrected chi connectivity index (χ2v) is 4.33. The Morgan fingerprint density at radius 2 is 1.90 bits per heavy atom. The highest BCUT2D eigenvalue weighted by Crippen LogP contribution is 2.18. The van der Waals surface area contributed by atoms with Crippen molar-refractivity contribution in [3.63, 3.8) is 0 Å². The van der Waals surface area contributed by atoms with Gasteiger partial charge in [-0.1, -0.05) is 6.07 Å². The number of rotatable bonds is 3. The fourth-order valence-corrected chi connectivity index (χ4v) is 1.68. The Labute approximate surface area is 115 Å². The molecule has 1 heterocycles. The maximum atomic E-state index is 12.0. The summed E-state index contributed by atoms with van der Waals surface area (Å²) in [4.78, 5) is 23.0.